The van der Waals surface area contributed by atoms with Gasteiger partial charge in [-0.3, -0.25) is 19.2 Å². The number of rotatable bonds is 11. The van der Waals surface area contributed by atoms with Gasteiger partial charge < -0.3 is 24.2 Å². The molecule has 0 fully saturated rings. The molecular weight excluding hydrogens is 552 g/mol. The SMILES string of the molecule is CCOC(=O)CCCc1cc2c(O)c3c(c(O)c2c(S(=O)O)c1CCCC(=O)OCC)C(=O)c1ccccc1C3=O. The van der Waals surface area contributed by atoms with Crippen LogP contribution in [-0.4, -0.2) is 55.7 Å². The number of phenolic OH excluding ortho intramolecular Hbond substituents is 2. The van der Waals surface area contributed by atoms with Crippen molar-refractivity contribution in [2.75, 3.05) is 13.2 Å². The lowest BCUT2D eigenvalue weighted by Crippen LogP contribution is -2.21. The van der Waals surface area contributed by atoms with Gasteiger partial charge in [0.25, 0.3) is 0 Å². The van der Waals surface area contributed by atoms with Crippen molar-refractivity contribution in [3.05, 3.63) is 63.7 Å². The van der Waals surface area contributed by atoms with Crippen LogP contribution >= 0.6 is 0 Å². The second kappa shape index (κ2) is 12.6. The summed E-state index contributed by atoms with van der Waals surface area (Å²) < 4.78 is 33.3. The summed E-state index contributed by atoms with van der Waals surface area (Å²) in [4.78, 5) is 50.4. The summed E-state index contributed by atoms with van der Waals surface area (Å²) in [6.45, 7) is 3.78. The highest BCUT2D eigenvalue weighted by Gasteiger charge is 2.37. The van der Waals surface area contributed by atoms with E-state index in [1.54, 1.807) is 26.0 Å². The molecule has 0 saturated heterocycles. The molecule has 3 N–H and O–H groups in total. The summed E-state index contributed by atoms with van der Waals surface area (Å²) in [6.07, 6.45) is 0.976. The molecule has 216 valence electrons. The second-order valence-electron chi connectivity index (χ2n) is 9.48. The molecule has 0 amide bonds. The number of carbonyl (C=O) groups is 4. The number of phenols is 2. The summed E-state index contributed by atoms with van der Waals surface area (Å²) in [7, 11) is 0. The fourth-order valence-corrected chi connectivity index (χ4v) is 6.08. The van der Waals surface area contributed by atoms with E-state index in [4.69, 9.17) is 9.47 Å². The molecule has 1 aliphatic rings. The molecule has 3 aromatic carbocycles. The fourth-order valence-electron chi connectivity index (χ4n) is 5.25. The quantitative estimate of drug-likeness (QED) is 0.131. The maximum absolute atomic E-state index is 13.4. The molecule has 0 spiro atoms. The van der Waals surface area contributed by atoms with Crippen molar-refractivity contribution in [1.82, 2.24) is 0 Å². The minimum atomic E-state index is -2.72. The van der Waals surface area contributed by atoms with Gasteiger partial charge in [-0.25, -0.2) is 4.21 Å². The van der Waals surface area contributed by atoms with Gasteiger partial charge >= 0.3 is 11.9 Å². The first kappa shape index (κ1) is 29.9. The fraction of sp³-hybridized carbons (Fsp3) is 0.333. The number of carbonyl (C=O) groups excluding carboxylic acids is 4. The normalized spacial score (nSPS) is 13.0. The zero-order chi connectivity index (χ0) is 29.8. The van der Waals surface area contributed by atoms with Crippen molar-refractivity contribution in [2.24, 2.45) is 0 Å². The molecule has 0 radical (unpaired) electrons. The standard InChI is InChI=1S/C30H30O10S/c1-3-39-21(31)13-7-9-16-15-20-23(30(41(37)38)17(16)12-8-14-22(32)40-4-2)29(36)25-24(28(20)35)26(33)18-10-5-6-11-19(18)27(25)34/h5-6,10-11,15,35-36H,3-4,7-9,12-14H2,1-2H3,(H,37,38). The average molecular weight is 583 g/mol. The van der Waals surface area contributed by atoms with Crippen molar-refractivity contribution < 1.29 is 47.6 Å². The van der Waals surface area contributed by atoms with Crippen LogP contribution in [0, 0.1) is 0 Å². The Morgan fingerprint density at radius 2 is 1.34 bits per heavy atom. The third kappa shape index (κ3) is 5.73. The number of ketones is 2. The molecule has 1 unspecified atom stereocenters. The molecule has 1 atom stereocenters. The molecule has 1 aliphatic carbocycles. The van der Waals surface area contributed by atoms with Gasteiger partial charge in [-0.15, -0.1) is 0 Å². The first-order chi connectivity index (χ1) is 19.6. The Labute approximate surface area is 238 Å². The zero-order valence-electron chi connectivity index (χ0n) is 22.7. The predicted octanol–water partition coefficient (Wildman–Crippen LogP) is 4.38. The smallest absolute Gasteiger partial charge is 0.305 e. The molecule has 0 saturated carbocycles. The lowest BCUT2D eigenvalue weighted by molar-refractivity contribution is -0.144. The molecule has 0 aromatic heterocycles. The van der Waals surface area contributed by atoms with Gasteiger partial charge in [0.15, 0.2) is 22.6 Å². The average Bonchev–Trinajstić information content (AvgIpc) is 2.93. The minimum Gasteiger partial charge on any atom is -0.506 e. The Morgan fingerprint density at radius 1 is 0.829 bits per heavy atom. The summed E-state index contributed by atoms with van der Waals surface area (Å²) in [6, 6.07) is 7.50. The number of hydrogen-bond donors (Lipinski definition) is 3. The highest BCUT2D eigenvalue weighted by Crippen LogP contribution is 2.47. The van der Waals surface area contributed by atoms with Gasteiger partial charge in [-0.2, -0.15) is 0 Å². The van der Waals surface area contributed by atoms with Crippen LogP contribution in [0.1, 0.15) is 82.5 Å². The van der Waals surface area contributed by atoms with E-state index >= 15 is 0 Å². The Morgan fingerprint density at radius 3 is 1.85 bits per heavy atom. The molecule has 11 heteroatoms. The molecule has 0 aliphatic heterocycles. The number of fused-ring (bicyclic) bond motifs is 3. The van der Waals surface area contributed by atoms with Crippen LogP contribution < -0.4 is 0 Å². The molecular formula is C30H30O10S. The third-order valence-electron chi connectivity index (χ3n) is 6.98. The van der Waals surface area contributed by atoms with Crippen molar-refractivity contribution >= 4 is 45.4 Å². The van der Waals surface area contributed by atoms with Crippen LogP contribution in [0.4, 0.5) is 0 Å². The summed E-state index contributed by atoms with van der Waals surface area (Å²) >= 11 is -2.72. The van der Waals surface area contributed by atoms with Gasteiger partial charge in [0.1, 0.15) is 11.5 Å². The monoisotopic (exact) mass is 582 g/mol. The molecule has 0 heterocycles. The second-order valence-corrected chi connectivity index (χ2v) is 10.4. The van der Waals surface area contributed by atoms with E-state index in [0.29, 0.717) is 17.5 Å². The van der Waals surface area contributed by atoms with Crippen molar-refractivity contribution in [3.63, 3.8) is 0 Å². The Kier molecular flexibility index (Phi) is 9.19. The maximum Gasteiger partial charge on any atom is 0.305 e. The maximum atomic E-state index is 13.4. The van der Waals surface area contributed by atoms with Gasteiger partial charge in [0, 0.05) is 34.7 Å². The highest BCUT2D eigenvalue weighted by molar-refractivity contribution is 7.79. The van der Waals surface area contributed by atoms with E-state index in [9.17, 15) is 38.2 Å². The van der Waals surface area contributed by atoms with E-state index in [0.717, 1.165) is 0 Å². The van der Waals surface area contributed by atoms with Gasteiger partial charge in [-0.05, 0) is 56.7 Å². The predicted molar refractivity (Wildman–Crippen MR) is 149 cm³/mol. The number of aromatic hydroxyl groups is 2. The van der Waals surface area contributed by atoms with E-state index in [2.05, 4.69) is 0 Å². The lowest BCUT2D eigenvalue weighted by Gasteiger charge is -2.23. The molecule has 0 bridgehead atoms. The van der Waals surface area contributed by atoms with Gasteiger partial charge in [0.05, 0.1) is 29.2 Å². The number of aryl methyl sites for hydroxylation is 1. The lowest BCUT2D eigenvalue weighted by atomic mass is 9.80. The van der Waals surface area contributed by atoms with Crippen LogP contribution in [0.5, 0.6) is 11.5 Å². The Hall–Kier alpha value is -4.09. The van der Waals surface area contributed by atoms with Crippen molar-refractivity contribution in [1.29, 1.82) is 0 Å². The molecule has 4 rings (SSSR count). The first-order valence-corrected chi connectivity index (χ1v) is 14.4. The zero-order valence-corrected chi connectivity index (χ0v) is 23.5. The van der Waals surface area contributed by atoms with Crippen LogP contribution in [0.15, 0.2) is 35.2 Å². The Balaban J connectivity index is 1.93. The van der Waals surface area contributed by atoms with Crippen LogP contribution in [0.25, 0.3) is 10.8 Å². The van der Waals surface area contributed by atoms with Crippen molar-refractivity contribution in [2.45, 2.75) is 57.3 Å². The highest BCUT2D eigenvalue weighted by atomic mass is 32.2. The topological polar surface area (TPSA) is 164 Å². The molecule has 41 heavy (non-hydrogen) atoms. The van der Waals surface area contributed by atoms with E-state index in [1.807, 2.05) is 0 Å². The van der Waals surface area contributed by atoms with E-state index in [1.165, 1.54) is 18.2 Å². The summed E-state index contributed by atoms with van der Waals surface area (Å²) in [5.41, 5.74) is 0.0777. The van der Waals surface area contributed by atoms with Gasteiger partial charge in [-0.1, -0.05) is 24.3 Å². The minimum absolute atomic E-state index is 0.0246. The van der Waals surface area contributed by atoms with E-state index in [-0.39, 0.29) is 77.7 Å². The Bertz CT molecular complexity index is 1590. The summed E-state index contributed by atoms with van der Waals surface area (Å²) in [5, 5.41) is 22.4. The van der Waals surface area contributed by atoms with Crippen LogP contribution in [-0.2, 0) is 43.0 Å². The van der Waals surface area contributed by atoms with Crippen molar-refractivity contribution in [3.8, 4) is 11.5 Å². The molecule has 3 aromatic rings. The number of benzene rings is 3. The number of ether oxygens (including phenoxy) is 2. The third-order valence-corrected chi connectivity index (χ3v) is 7.78. The van der Waals surface area contributed by atoms with Crippen LogP contribution in [0.2, 0.25) is 0 Å². The summed E-state index contributed by atoms with van der Waals surface area (Å²) in [5.74, 6) is -3.53. The van der Waals surface area contributed by atoms with Crippen LogP contribution in [0.3, 0.4) is 0 Å². The number of esters is 2. The number of hydrogen-bond acceptors (Lipinski definition) is 9. The van der Waals surface area contributed by atoms with E-state index < -0.39 is 51.6 Å². The first-order valence-electron chi connectivity index (χ1n) is 13.3. The molecule has 10 nitrogen and oxygen atoms in total. The van der Waals surface area contributed by atoms with Gasteiger partial charge in [0.2, 0.25) is 0 Å². The largest absolute Gasteiger partial charge is 0.506 e.